The average Bonchev–Trinajstić information content (AvgIpc) is 2.75. The number of ether oxygens (including phenoxy) is 1. The smallest absolute Gasteiger partial charge is 0.261 e. The molecule has 0 spiro atoms. The van der Waals surface area contributed by atoms with Crippen molar-refractivity contribution in [3.63, 3.8) is 0 Å². The van der Waals surface area contributed by atoms with E-state index >= 15 is 0 Å². The van der Waals surface area contributed by atoms with Crippen LogP contribution in [0.3, 0.4) is 0 Å². The zero-order valence-corrected chi connectivity index (χ0v) is 17.6. The van der Waals surface area contributed by atoms with Crippen LogP contribution in [0.1, 0.15) is 16.7 Å². The lowest BCUT2D eigenvalue weighted by Crippen LogP contribution is -2.25. The monoisotopic (exact) mass is 416 g/mol. The standard InChI is InChI=1S/C25H24N2O4/c1-16-8-4-6-10-20(16)26-24(29)19(14-18-12-13-23(31-3)22(28)15-18)25(30)27-21-11-7-5-9-17(21)2/h4-15,28H,1-3H3,(H,26,29)(H,27,30). The quantitative estimate of drug-likeness (QED) is 0.309. The highest BCUT2D eigenvalue weighted by molar-refractivity contribution is 6.29. The first-order valence-electron chi connectivity index (χ1n) is 9.71. The van der Waals surface area contributed by atoms with E-state index in [1.54, 1.807) is 36.4 Å². The van der Waals surface area contributed by atoms with Crippen molar-refractivity contribution >= 4 is 29.3 Å². The summed E-state index contributed by atoms with van der Waals surface area (Å²) >= 11 is 0. The van der Waals surface area contributed by atoms with E-state index < -0.39 is 11.8 Å². The second-order valence-corrected chi connectivity index (χ2v) is 7.03. The van der Waals surface area contributed by atoms with Crippen LogP contribution in [0.25, 0.3) is 6.08 Å². The lowest BCUT2D eigenvalue weighted by Gasteiger charge is -2.13. The molecule has 0 aromatic heterocycles. The lowest BCUT2D eigenvalue weighted by atomic mass is 10.1. The Hall–Kier alpha value is -4.06. The first-order valence-corrected chi connectivity index (χ1v) is 9.71. The van der Waals surface area contributed by atoms with Gasteiger partial charge in [0.15, 0.2) is 11.5 Å². The van der Waals surface area contributed by atoms with E-state index in [-0.39, 0.29) is 11.3 Å². The molecule has 3 N–H and O–H groups in total. The van der Waals surface area contributed by atoms with Crippen molar-refractivity contribution in [2.24, 2.45) is 0 Å². The largest absolute Gasteiger partial charge is 0.504 e. The highest BCUT2D eigenvalue weighted by atomic mass is 16.5. The summed E-state index contributed by atoms with van der Waals surface area (Å²) in [6, 6.07) is 19.3. The topological polar surface area (TPSA) is 87.7 Å². The van der Waals surface area contributed by atoms with E-state index in [2.05, 4.69) is 10.6 Å². The molecule has 0 saturated heterocycles. The molecule has 0 fully saturated rings. The van der Waals surface area contributed by atoms with E-state index in [9.17, 15) is 14.7 Å². The molecule has 158 valence electrons. The molecule has 0 atom stereocenters. The fourth-order valence-electron chi connectivity index (χ4n) is 3.00. The van der Waals surface area contributed by atoms with Crippen LogP contribution in [0.4, 0.5) is 11.4 Å². The summed E-state index contributed by atoms with van der Waals surface area (Å²) in [7, 11) is 1.45. The summed E-state index contributed by atoms with van der Waals surface area (Å²) in [5.41, 5.74) is 3.34. The summed E-state index contributed by atoms with van der Waals surface area (Å²) < 4.78 is 5.05. The third kappa shape index (κ3) is 5.30. The second kappa shape index (κ2) is 9.63. The molecule has 6 heteroatoms. The minimum absolute atomic E-state index is 0.0887. The number of aromatic hydroxyl groups is 1. The molecule has 3 aromatic carbocycles. The normalized spacial score (nSPS) is 10.2. The van der Waals surface area contributed by atoms with Crippen LogP contribution in [-0.4, -0.2) is 24.0 Å². The number of amides is 2. The Morgan fingerprint density at radius 1 is 0.839 bits per heavy atom. The minimum Gasteiger partial charge on any atom is -0.504 e. The van der Waals surface area contributed by atoms with Crippen LogP contribution >= 0.6 is 0 Å². The molecule has 0 bridgehead atoms. The number of methoxy groups -OCH3 is 1. The van der Waals surface area contributed by atoms with Gasteiger partial charge in [0.1, 0.15) is 5.57 Å². The SMILES string of the molecule is COc1ccc(C=C(C(=O)Nc2ccccc2C)C(=O)Nc2ccccc2C)cc1O. The fourth-order valence-corrected chi connectivity index (χ4v) is 3.00. The summed E-state index contributed by atoms with van der Waals surface area (Å²) in [6.07, 6.45) is 1.43. The van der Waals surface area contributed by atoms with Gasteiger partial charge < -0.3 is 20.5 Å². The number of hydrogen-bond acceptors (Lipinski definition) is 4. The summed E-state index contributed by atoms with van der Waals surface area (Å²) in [5, 5.41) is 15.7. The number of aryl methyl sites for hydroxylation is 2. The number of anilines is 2. The van der Waals surface area contributed by atoms with E-state index in [0.29, 0.717) is 22.7 Å². The molecule has 3 aromatic rings. The van der Waals surface area contributed by atoms with Crippen LogP contribution in [0.15, 0.2) is 72.3 Å². The number of benzene rings is 3. The van der Waals surface area contributed by atoms with Crippen molar-refractivity contribution in [2.75, 3.05) is 17.7 Å². The molecule has 31 heavy (non-hydrogen) atoms. The van der Waals surface area contributed by atoms with Gasteiger partial charge in [-0.05, 0) is 60.9 Å². The molecule has 2 amide bonds. The highest BCUT2D eigenvalue weighted by Crippen LogP contribution is 2.27. The van der Waals surface area contributed by atoms with Gasteiger partial charge in [-0.15, -0.1) is 0 Å². The number of para-hydroxylation sites is 2. The maximum absolute atomic E-state index is 13.1. The predicted octanol–water partition coefficient (Wildman–Crippen LogP) is 4.68. The Labute approximate surface area is 181 Å². The Bertz CT molecular complexity index is 1090. The molecule has 6 nitrogen and oxygen atoms in total. The Morgan fingerprint density at radius 3 is 1.81 bits per heavy atom. The maximum Gasteiger partial charge on any atom is 0.261 e. The Kier molecular flexibility index (Phi) is 6.72. The molecule has 0 radical (unpaired) electrons. The maximum atomic E-state index is 13.1. The molecule has 3 rings (SSSR count). The summed E-state index contributed by atoms with van der Waals surface area (Å²) in [6.45, 7) is 3.74. The number of rotatable bonds is 6. The van der Waals surface area contributed by atoms with Crippen molar-refractivity contribution in [3.05, 3.63) is 89.0 Å². The van der Waals surface area contributed by atoms with Gasteiger partial charge in [-0.2, -0.15) is 0 Å². The van der Waals surface area contributed by atoms with Crippen molar-refractivity contribution in [2.45, 2.75) is 13.8 Å². The minimum atomic E-state index is -0.560. The van der Waals surface area contributed by atoms with Gasteiger partial charge in [-0.1, -0.05) is 42.5 Å². The Morgan fingerprint density at radius 2 is 1.35 bits per heavy atom. The lowest BCUT2D eigenvalue weighted by molar-refractivity contribution is -0.118. The van der Waals surface area contributed by atoms with E-state index in [1.165, 1.54) is 19.3 Å². The van der Waals surface area contributed by atoms with E-state index in [0.717, 1.165) is 11.1 Å². The molecule has 0 aliphatic heterocycles. The van der Waals surface area contributed by atoms with Crippen LogP contribution < -0.4 is 15.4 Å². The molecular weight excluding hydrogens is 392 g/mol. The van der Waals surface area contributed by atoms with Crippen LogP contribution in [0.2, 0.25) is 0 Å². The molecule has 0 heterocycles. The van der Waals surface area contributed by atoms with Crippen molar-refractivity contribution in [3.8, 4) is 11.5 Å². The average molecular weight is 416 g/mol. The predicted molar refractivity (Wildman–Crippen MR) is 122 cm³/mol. The number of carbonyl (C=O) groups is 2. The van der Waals surface area contributed by atoms with Crippen molar-refractivity contribution in [1.82, 2.24) is 0 Å². The third-order valence-corrected chi connectivity index (χ3v) is 4.79. The number of carbonyl (C=O) groups excluding carboxylic acids is 2. The Balaban J connectivity index is 1.97. The number of nitrogens with one attached hydrogen (secondary N) is 2. The molecule has 0 aliphatic carbocycles. The van der Waals surface area contributed by atoms with Crippen molar-refractivity contribution in [1.29, 1.82) is 0 Å². The molecule has 0 unspecified atom stereocenters. The van der Waals surface area contributed by atoms with Gasteiger partial charge in [-0.3, -0.25) is 9.59 Å². The third-order valence-electron chi connectivity index (χ3n) is 4.79. The first kappa shape index (κ1) is 21.6. The van der Waals surface area contributed by atoms with Gasteiger partial charge in [-0.25, -0.2) is 0 Å². The van der Waals surface area contributed by atoms with Crippen LogP contribution in [0.5, 0.6) is 11.5 Å². The van der Waals surface area contributed by atoms with E-state index in [1.807, 2.05) is 38.1 Å². The summed E-state index contributed by atoms with van der Waals surface area (Å²) in [4.78, 5) is 26.1. The molecular formula is C25H24N2O4. The summed E-state index contributed by atoms with van der Waals surface area (Å²) in [5.74, 6) is -0.909. The number of phenolic OH excluding ortho intramolecular Hbond substituents is 1. The van der Waals surface area contributed by atoms with Gasteiger partial charge in [0.2, 0.25) is 0 Å². The molecule has 0 aliphatic rings. The first-order chi connectivity index (χ1) is 14.9. The van der Waals surface area contributed by atoms with Crippen LogP contribution in [-0.2, 0) is 9.59 Å². The number of phenols is 1. The fraction of sp³-hybridized carbons (Fsp3) is 0.120. The van der Waals surface area contributed by atoms with Crippen LogP contribution in [0, 0.1) is 13.8 Å². The molecule has 0 saturated carbocycles. The van der Waals surface area contributed by atoms with Crippen molar-refractivity contribution < 1.29 is 19.4 Å². The zero-order chi connectivity index (χ0) is 22.4. The van der Waals surface area contributed by atoms with E-state index in [4.69, 9.17) is 4.74 Å². The number of hydrogen-bond donors (Lipinski definition) is 3. The zero-order valence-electron chi connectivity index (χ0n) is 17.6. The van der Waals surface area contributed by atoms with Gasteiger partial charge in [0.25, 0.3) is 11.8 Å². The second-order valence-electron chi connectivity index (χ2n) is 7.03. The highest BCUT2D eigenvalue weighted by Gasteiger charge is 2.20. The van der Waals surface area contributed by atoms with Gasteiger partial charge in [0, 0.05) is 11.4 Å². The van der Waals surface area contributed by atoms with Gasteiger partial charge >= 0.3 is 0 Å². The van der Waals surface area contributed by atoms with Gasteiger partial charge in [0.05, 0.1) is 7.11 Å².